The van der Waals surface area contributed by atoms with Crippen molar-refractivity contribution in [2.45, 2.75) is 6.42 Å². The first-order chi connectivity index (χ1) is 16.1. The maximum Gasteiger partial charge on any atom is 0.255 e. The molecule has 0 saturated heterocycles. The van der Waals surface area contributed by atoms with E-state index >= 15 is 0 Å². The lowest BCUT2D eigenvalue weighted by atomic mass is 10.1. The van der Waals surface area contributed by atoms with Crippen LogP contribution in [0.15, 0.2) is 79.0 Å². The Hall–Kier alpha value is -3.97. The number of rotatable bonds is 9. The van der Waals surface area contributed by atoms with E-state index in [2.05, 4.69) is 25.5 Å². The number of benzene rings is 2. The molecular formula is C26H27N5O2. The molecule has 2 N–H and O–H groups in total. The van der Waals surface area contributed by atoms with E-state index in [9.17, 15) is 4.79 Å². The minimum atomic E-state index is -0.149. The fourth-order valence-corrected chi connectivity index (χ4v) is 3.34. The second-order valence-electron chi connectivity index (χ2n) is 7.91. The fraction of sp³-hybridized carbons (Fsp3) is 0.192. The van der Waals surface area contributed by atoms with Gasteiger partial charge in [-0.3, -0.25) is 4.79 Å². The van der Waals surface area contributed by atoms with Crippen LogP contribution in [0.3, 0.4) is 0 Å². The van der Waals surface area contributed by atoms with Gasteiger partial charge in [-0.25, -0.2) is 4.98 Å². The number of aromatic nitrogens is 2. The van der Waals surface area contributed by atoms with E-state index in [1.807, 2.05) is 74.8 Å². The summed E-state index contributed by atoms with van der Waals surface area (Å²) in [6.45, 7) is 1.57. The van der Waals surface area contributed by atoms with Gasteiger partial charge in [-0.1, -0.05) is 18.2 Å². The summed E-state index contributed by atoms with van der Waals surface area (Å²) in [5.74, 6) is 0.420. The predicted octanol–water partition coefficient (Wildman–Crippen LogP) is 4.96. The third-order valence-electron chi connectivity index (χ3n) is 5.04. The van der Waals surface area contributed by atoms with E-state index in [0.717, 1.165) is 35.4 Å². The maximum absolute atomic E-state index is 12.5. The summed E-state index contributed by atoms with van der Waals surface area (Å²) in [4.78, 5) is 23.5. The molecule has 0 aliphatic heterocycles. The molecule has 1 amide bonds. The topological polar surface area (TPSA) is 79.4 Å². The number of anilines is 3. The van der Waals surface area contributed by atoms with Gasteiger partial charge < -0.3 is 20.3 Å². The molecule has 7 nitrogen and oxygen atoms in total. The van der Waals surface area contributed by atoms with Gasteiger partial charge in [0.15, 0.2) is 5.65 Å². The van der Waals surface area contributed by atoms with Crippen LogP contribution >= 0.6 is 0 Å². The second kappa shape index (κ2) is 10.6. The summed E-state index contributed by atoms with van der Waals surface area (Å²) < 4.78 is 5.76. The first-order valence-corrected chi connectivity index (χ1v) is 10.9. The van der Waals surface area contributed by atoms with Gasteiger partial charge >= 0.3 is 0 Å². The summed E-state index contributed by atoms with van der Waals surface area (Å²) in [5.41, 5.74) is 3.71. The highest BCUT2D eigenvalue weighted by atomic mass is 16.5. The van der Waals surface area contributed by atoms with Gasteiger partial charge in [0.2, 0.25) is 5.88 Å². The number of hydrogen-bond acceptors (Lipinski definition) is 6. The molecule has 4 rings (SSSR count). The van der Waals surface area contributed by atoms with Crippen LogP contribution in [0.1, 0.15) is 16.8 Å². The minimum Gasteiger partial charge on any atom is -0.478 e. The van der Waals surface area contributed by atoms with E-state index in [1.54, 1.807) is 18.3 Å². The van der Waals surface area contributed by atoms with E-state index in [1.165, 1.54) is 0 Å². The number of carbonyl (C=O) groups is 1. The Morgan fingerprint density at radius 1 is 0.939 bits per heavy atom. The number of hydrogen-bond donors (Lipinski definition) is 2. The Bertz CT molecular complexity index is 1210. The van der Waals surface area contributed by atoms with Crippen LogP contribution in [0.5, 0.6) is 5.88 Å². The monoisotopic (exact) mass is 441 g/mol. The molecule has 2 aromatic carbocycles. The molecule has 168 valence electrons. The quantitative estimate of drug-likeness (QED) is 0.358. The Morgan fingerprint density at radius 2 is 1.73 bits per heavy atom. The molecule has 33 heavy (non-hydrogen) atoms. The molecule has 4 aromatic rings. The van der Waals surface area contributed by atoms with Gasteiger partial charge in [-0.15, -0.1) is 0 Å². The first-order valence-electron chi connectivity index (χ1n) is 10.9. The minimum absolute atomic E-state index is 0.149. The van der Waals surface area contributed by atoms with Gasteiger partial charge in [0.05, 0.1) is 12.3 Å². The Morgan fingerprint density at radius 3 is 2.48 bits per heavy atom. The zero-order chi connectivity index (χ0) is 23.0. The highest BCUT2D eigenvalue weighted by molar-refractivity contribution is 6.04. The summed E-state index contributed by atoms with van der Waals surface area (Å²) >= 11 is 0. The average molecular weight is 442 g/mol. The van der Waals surface area contributed by atoms with E-state index in [4.69, 9.17) is 4.74 Å². The number of ether oxygens (including phenoxy) is 1. The highest BCUT2D eigenvalue weighted by Crippen LogP contribution is 2.26. The van der Waals surface area contributed by atoms with E-state index < -0.39 is 0 Å². The van der Waals surface area contributed by atoms with Crippen molar-refractivity contribution in [2.24, 2.45) is 0 Å². The number of pyridine rings is 2. The molecule has 0 fully saturated rings. The summed E-state index contributed by atoms with van der Waals surface area (Å²) in [6, 6.07) is 22.5. The number of nitrogens with zero attached hydrogens (tertiary/aromatic N) is 3. The summed E-state index contributed by atoms with van der Waals surface area (Å²) in [6.07, 6.45) is 2.65. The maximum atomic E-state index is 12.5. The largest absolute Gasteiger partial charge is 0.478 e. The van der Waals surface area contributed by atoms with Gasteiger partial charge in [-0.2, -0.15) is 4.98 Å². The molecule has 0 bridgehead atoms. The first kappa shape index (κ1) is 22.2. The van der Waals surface area contributed by atoms with Crippen LogP contribution in [0.2, 0.25) is 0 Å². The number of para-hydroxylation sites is 1. The van der Waals surface area contributed by atoms with Crippen molar-refractivity contribution >= 4 is 34.0 Å². The van der Waals surface area contributed by atoms with Crippen LogP contribution in [0, 0.1) is 0 Å². The lowest BCUT2D eigenvalue weighted by Crippen LogP contribution is -2.15. The lowest BCUT2D eigenvalue weighted by molar-refractivity contribution is 0.102. The fourth-order valence-electron chi connectivity index (χ4n) is 3.34. The standard InChI is InChI=1S/C26H27N5O2/c1-31(2)17-6-18-33-24-14-13-22-23(15-16-27-25(22)30-24)28-21-11-9-19(10-12-21)26(32)29-20-7-4-3-5-8-20/h3-5,7-16H,6,17-18H2,1-2H3,(H,29,32)(H,27,28,30). The zero-order valence-corrected chi connectivity index (χ0v) is 18.8. The van der Waals surface area contributed by atoms with Crippen LogP contribution in [0.4, 0.5) is 17.1 Å². The second-order valence-corrected chi connectivity index (χ2v) is 7.91. The number of nitrogens with one attached hydrogen (secondary N) is 2. The molecule has 0 unspecified atom stereocenters. The number of amides is 1. The van der Waals surface area contributed by atoms with Crippen LogP contribution in [-0.4, -0.2) is 48.0 Å². The average Bonchev–Trinajstić information content (AvgIpc) is 2.83. The van der Waals surface area contributed by atoms with Gasteiger partial charge in [-0.05, 0) is 69.0 Å². The van der Waals surface area contributed by atoms with Crippen molar-refractivity contribution in [1.29, 1.82) is 0 Å². The third kappa shape index (κ3) is 6.05. The smallest absolute Gasteiger partial charge is 0.255 e. The van der Waals surface area contributed by atoms with Crippen molar-refractivity contribution in [3.05, 3.63) is 84.6 Å². The third-order valence-corrected chi connectivity index (χ3v) is 5.04. The molecule has 0 saturated carbocycles. The van der Waals surface area contributed by atoms with Gasteiger partial charge in [0.1, 0.15) is 0 Å². The van der Waals surface area contributed by atoms with Crippen molar-refractivity contribution < 1.29 is 9.53 Å². The summed E-state index contributed by atoms with van der Waals surface area (Å²) in [7, 11) is 4.08. The van der Waals surface area contributed by atoms with Crippen LogP contribution in [-0.2, 0) is 0 Å². The Balaban J connectivity index is 1.42. The molecule has 2 heterocycles. The van der Waals surface area contributed by atoms with Crippen molar-refractivity contribution in [2.75, 3.05) is 37.9 Å². The number of fused-ring (bicyclic) bond motifs is 1. The Labute approximate surface area is 193 Å². The van der Waals surface area contributed by atoms with E-state index in [-0.39, 0.29) is 5.91 Å². The molecule has 2 aromatic heterocycles. The molecule has 0 atom stereocenters. The molecular weight excluding hydrogens is 414 g/mol. The van der Waals surface area contributed by atoms with E-state index in [0.29, 0.717) is 23.7 Å². The molecule has 7 heteroatoms. The number of carbonyl (C=O) groups excluding carboxylic acids is 1. The lowest BCUT2D eigenvalue weighted by Gasteiger charge is -2.12. The molecule has 0 aliphatic carbocycles. The van der Waals surface area contributed by atoms with Crippen molar-refractivity contribution in [1.82, 2.24) is 14.9 Å². The van der Waals surface area contributed by atoms with Crippen molar-refractivity contribution in [3.8, 4) is 5.88 Å². The van der Waals surface area contributed by atoms with Crippen LogP contribution < -0.4 is 15.4 Å². The predicted molar refractivity (Wildman–Crippen MR) is 132 cm³/mol. The SMILES string of the molecule is CN(C)CCCOc1ccc2c(Nc3ccc(C(=O)Nc4ccccc4)cc3)ccnc2n1. The highest BCUT2D eigenvalue weighted by Gasteiger charge is 2.08. The molecule has 0 spiro atoms. The summed E-state index contributed by atoms with van der Waals surface area (Å²) in [5, 5.41) is 7.17. The van der Waals surface area contributed by atoms with Gasteiger partial charge in [0.25, 0.3) is 5.91 Å². The zero-order valence-electron chi connectivity index (χ0n) is 18.8. The van der Waals surface area contributed by atoms with Gasteiger partial charge in [0, 0.05) is 41.1 Å². The van der Waals surface area contributed by atoms with Crippen LogP contribution in [0.25, 0.3) is 11.0 Å². The van der Waals surface area contributed by atoms with Crippen molar-refractivity contribution in [3.63, 3.8) is 0 Å². The molecule has 0 radical (unpaired) electrons. The Kier molecular flexibility index (Phi) is 7.12. The molecule has 0 aliphatic rings. The normalized spacial score (nSPS) is 10.9.